The molecule has 30 heavy (non-hydrogen) atoms. The molecule has 2 aromatic heterocycles. The van der Waals surface area contributed by atoms with Crippen LogP contribution in [0.3, 0.4) is 0 Å². The molecule has 5 heteroatoms. The highest BCUT2D eigenvalue weighted by atomic mass is 15.1. The maximum Gasteiger partial charge on any atom is 0.143 e. The van der Waals surface area contributed by atoms with Crippen LogP contribution in [0.15, 0.2) is 60.9 Å². The summed E-state index contributed by atoms with van der Waals surface area (Å²) in [6.07, 6.45) is 1.61. The summed E-state index contributed by atoms with van der Waals surface area (Å²) >= 11 is 0. The summed E-state index contributed by atoms with van der Waals surface area (Å²) in [7, 11) is 0. The second-order valence-electron chi connectivity index (χ2n) is 7.67. The van der Waals surface area contributed by atoms with Crippen LogP contribution in [-0.2, 0) is 13.1 Å². The first-order valence-electron chi connectivity index (χ1n) is 10.6. The number of hydrogen-bond donors (Lipinski definition) is 2. The number of nitrogens with zero attached hydrogens (tertiary/aromatic N) is 3. The topological polar surface area (TPSA) is 56.8 Å². The van der Waals surface area contributed by atoms with Gasteiger partial charge in [-0.3, -0.25) is 4.90 Å². The van der Waals surface area contributed by atoms with Crippen molar-refractivity contribution in [2.45, 2.75) is 33.9 Å². The van der Waals surface area contributed by atoms with E-state index in [1.807, 2.05) is 0 Å². The Morgan fingerprint density at radius 3 is 2.47 bits per heavy atom. The lowest BCUT2D eigenvalue weighted by Gasteiger charge is -2.17. The fraction of sp³-hybridized carbons (Fsp3) is 0.280. The SMILES string of the molecule is CCN(CC)Cc1ccc(-c2cc3c(NCc4cccc(C)c4)ncnc3[nH]2)cc1. The number of nitrogens with one attached hydrogen (secondary N) is 2. The van der Waals surface area contributed by atoms with Crippen molar-refractivity contribution < 1.29 is 0 Å². The van der Waals surface area contributed by atoms with Crippen molar-refractivity contribution in [3.05, 3.63) is 77.6 Å². The number of benzene rings is 2. The van der Waals surface area contributed by atoms with Crippen LogP contribution in [0.5, 0.6) is 0 Å². The van der Waals surface area contributed by atoms with Gasteiger partial charge in [0.2, 0.25) is 0 Å². The van der Waals surface area contributed by atoms with Gasteiger partial charge in [-0.05, 0) is 42.8 Å². The number of aryl methyl sites for hydroxylation is 1. The maximum atomic E-state index is 4.47. The molecule has 0 spiro atoms. The molecule has 4 rings (SSSR count). The molecule has 0 aliphatic heterocycles. The fourth-order valence-electron chi connectivity index (χ4n) is 3.74. The van der Waals surface area contributed by atoms with E-state index in [1.165, 1.54) is 16.7 Å². The molecule has 2 heterocycles. The van der Waals surface area contributed by atoms with Crippen LogP contribution in [0, 0.1) is 6.92 Å². The lowest BCUT2D eigenvalue weighted by Crippen LogP contribution is -2.21. The van der Waals surface area contributed by atoms with Gasteiger partial charge in [0.05, 0.1) is 5.39 Å². The van der Waals surface area contributed by atoms with Crippen molar-refractivity contribution in [1.29, 1.82) is 0 Å². The molecule has 0 bridgehead atoms. The summed E-state index contributed by atoms with van der Waals surface area (Å²) in [5.74, 6) is 0.849. The molecule has 0 saturated heterocycles. The van der Waals surface area contributed by atoms with Gasteiger partial charge in [-0.2, -0.15) is 0 Å². The highest BCUT2D eigenvalue weighted by molar-refractivity contribution is 5.91. The Morgan fingerprint density at radius 1 is 0.933 bits per heavy atom. The first kappa shape index (κ1) is 20.1. The first-order chi connectivity index (χ1) is 14.7. The molecule has 2 N–H and O–H groups in total. The number of H-pyrrole nitrogens is 1. The third-order valence-electron chi connectivity index (χ3n) is 5.53. The van der Waals surface area contributed by atoms with E-state index in [-0.39, 0.29) is 0 Å². The van der Waals surface area contributed by atoms with Crippen LogP contribution in [-0.4, -0.2) is 32.9 Å². The van der Waals surface area contributed by atoms with Crippen LogP contribution in [0.4, 0.5) is 5.82 Å². The Hall–Kier alpha value is -3.18. The highest BCUT2D eigenvalue weighted by Crippen LogP contribution is 2.27. The number of aromatic amines is 1. The van der Waals surface area contributed by atoms with Gasteiger partial charge in [0.1, 0.15) is 17.8 Å². The number of aromatic nitrogens is 3. The standard InChI is InChI=1S/C25H29N5/c1-4-30(5-2)16-19-9-11-21(12-10-19)23-14-22-24(27-17-28-25(22)29-23)26-15-20-8-6-7-18(3)13-20/h6-14,17H,4-5,15-16H2,1-3H3,(H2,26,27,28,29). The van der Waals surface area contributed by atoms with E-state index < -0.39 is 0 Å². The molecule has 4 aromatic rings. The number of fused-ring (bicyclic) bond motifs is 1. The van der Waals surface area contributed by atoms with Crippen molar-refractivity contribution in [1.82, 2.24) is 19.9 Å². The van der Waals surface area contributed by atoms with Crippen molar-refractivity contribution in [3.63, 3.8) is 0 Å². The molecule has 0 atom stereocenters. The number of rotatable bonds is 8. The van der Waals surface area contributed by atoms with Gasteiger partial charge in [0.25, 0.3) is 0 Å². The van der Waals surface area contributed by atoms with Gasteiger partial charge in [-0.25, -0.2) is 9.97 Å². The van der Waals surface area contributed by atoms with Gasteiger partial charge < -0.3 is 10.3 Å². The minimum absolute atomic E-state index is 0.731. The molecule has 0 aliphatic rings. The van der Waals surface area contributed by atoms with E-state index >= 15 is 0 Å². The van der Waals surface area contributed by atoms with Gasteiger partial charge in [0.15, 0.2) is 0 Å². The Balaban J connectivity index is 1.54. The quantitative estimate of drug-likeness (QED) is 0.417. The molecular weight excluding hydrogens is 370 g/mol. The van der Waals surface area contributed by atoms with Crippen molar-refractivity contribution in [3.8, 4) is 11.3 Å². The molecule has 0 fully saturated rings. The van der Waals surface area contributed by atoms with E-state index in [0.717, 1.165) is 54.3 Å². The average Bonchev–Trinajstić information content (AvgIpc) is 3.21. The van der Waals surface area contributed by atoms with E-state index in [9.17, 15) is 0 Å². The Morgan fingerprint density at radius 2 is 1.73 bits per heavy atom. The number of hydrogen-bond acceptors (Lipinski definition) is 4. The lowest BCUT2D eigenvalue weighted by molar-refractivity contribution is 0.296. The van der Waals surface area contributed by atoms with Gasteiger partial charge >= 0.3 is 0 Å². The van der Waals surface area contributed by atoms with E-state index in [0.29, 0.717) is 0 Å². The Bertz CT molecular complexity index is 1110. The summed E-state index contributed by atoms with van der Waals surface area (Å²) < 4.78 is 0. The van der Waals surface area contributed by atoms with Crippen LogP contribution in [0.2, 0.25) is 0 Å². The molecule has 0 saturated carbocycles. The summed E-state index contributed by atoms with van der Waals surface area (Å²) in [5.41, 5.74) is 6.88. The Labute approximate surface area is 178 Å². The Kier molecular flexibility index (Phi) is 6.10. The monoisotopic (exact) mass is 399 g/mol. The second-order valence-corrected chi connectivity index (χ2v) is 7.67. The summed E-state index contributed by atoms with van der Waals surface area (Å²) in [4.78, 5) is 14.7. The predicted molar refractivity (Wildman–Crippen MR) is 124 cm³/mol. The van der Waals surface area contributed by atoms with Crippen LogP contribution >= 0.6 is 0 Å². The zero-order chi connectivity index (χ0) is 20.9. The summed E-state index contributed by atoms with van der Waals surface area (Å²) in [6, 6.07) is 19.4. The van der Waals surface area contributed by atoms with E-state index in [2.05, 4.69) is 101 Å². The van der Waals surface area contributed by atoms with Crippen LogP contribution in [0.25, 0.3) is 22.3 Å². The zero-order valence-electron chi connectivity index (χ0n) is 17.9. The van der Waals surface area contributed by atoms with Crippen molar-refractivity contribution in [2.75, 3.05) is 18.4 Å². The van der Waals surface area contributed by atoms with E-state index in [4.69, 9.17) is 0 Å². The molecule has 0 radical (unpaired) electrons. The normalized spacial score (nSPS) is 11.3. The first-order valence-corrected chi connectivity index (χ1v) is 10.6. The molecule has 0 amide bonds. The third kappa shape index (κ3) is 4.52. The molecule has 0 aliphatic carbocycles. The van der Waals surface area contributed by atoms with Gasteiger partial charge in [-0.15, -0.1) is 0 Å². The molecule has 0 unspecified atom stereocenters. The highest BCUT2D eigenvalue weighted by Gasteiger charge is 2.10. The molecule has 154 valence electrons. The third-order valence-corrected chi connectivity index (χ3v) is 5.53. The number of anilines is 1. The smallest absolute Gasteiger partial charge is 0.143 e. The predicted octanol–water partition coefficient (Wildman–Crippen LogP) is 5.39. The fourth-order valence-corrected chi connectivity index (χ4v) is 3.74. The van der Waals surface area contributed by atoms with Gasteiger partial charge in [-0.1, -0.05) is 67.9 Å². The molecule has 5 nitrogen and oxygen atoms in total. The largest absolute Gasteiger partial charge is 0.365 e. The minimum atomic E-state index is 0.731. The summed E-state index contributed by atoms with van der Waals surface area (Å²) in [6.45, 7) is 10.4. The second kappa shape index (κ2) is 9.09. The van der Waals surface area contributed by atoms with Crippen molar-refractivity contribution >= 4 is 16.9 Å². The zero-order valence-corrected chi connectivity index (χ0v) is 17.9. The van der Waals surface area contributed by atoms with Crippen molar-refractivity contribution in [2.24, 2.45) is 0 Å². The molecular formula is C25H29N5. The summed E-state index contributed by atoms with van der Waals surface area (Å²) in [5, 5.41) is 4.47. The van der Waals surface area contributed by atoms with Crippen LogP contribution < -0.4 is 5.32 Å². The van der Waals surface area contributed by atoms with E-state index in [1.54, 1.807) is 6.33 Å². The van der Waals surface area contributed by atoms with Gasteiger partial charge in [0, 0.05) is 18.8 Å². The maximum absolute atomic E-state index is 4.47. The average molecular weight is 400 g/mol. The molecule has 2 aromatic carbocycles. The van der Waals surface area contributed by atoms with Crippen LogP contribution in [0.1, 0.15) is 30.5 Å². The lowest BCUT2D eigenvalue weighted by atomic mass is 10.1. The minimum Gasteiger partial charge on any atom is -0.365 e.